The third-order valence-corrected chi connectivity index (χ3v) is 5.35. The van der Waals surface area contributed by atoms with Crippen LogP contribution in [0.25, 0.3) is 0 Å². The largest absolute Gasteiger partial charge is 0.315 e. The van der Waals surface area contributed by atoms with E-state index in [0.717, 1.165) is 25.8 Å². The number of nitrogens with zero attached hydrogens (tertiary/aromatic N) is 1. The van der Waals surface area contributed by atoms with Gasteiger partial charge in [-0.15, -0.1) is 0 Å². The lowest BCUT2D eigenvalue weighted by Crippen LogP contribution is -2.47. The first-order valence-electron chi connectivity index (χ1n) is 5.56. The highest BCUT2D eigenvalue weighted by Crippen LogP contribution is 2.18. The van der Waals surface area contributed by atoms with E-state index in [1.165, 1.54) is 0 Å². The summed E-state index contributed by atoms with van der Waals surface area (Å²) in [6.45, 7) is 2.77. The normalized spacial score (nSPS) is 29.2. The smallest absolute Gasteiger partial charge is 0.218 e. The van der Waals surface area contributed by atoms with Gasteiger partial charge in [-0.25, -0.2) is 8.42 Å². The Hall–Kier alpha value is -0.390. The van der Waals surface area contributed by atoms with Crippen molar-refractivity contribution in [2.24, 2.45) is 0 Å². The molecule has 0 aliphatic carbocycles. The number of sulfonamides is 1. The second kappa shape index (κ2) is 4.63. The molecule has 2 rings (SSSR count). The summed E-state index contributed by atoms with van der Waals surface area (Å²) in [5.41, 5.74) is 0. The van der Waals surface area contributed by atoms with E-state index in [1.807, 2.05) is 12.2 Å². The molecule has 0 radical (unpaired) electrons. The number of hydrogen-bond donors (Lipinski definition) is 1. The Balaban J connectivity index is 2.07. The van der Waals surface area contributed by atoms with Crippen molar-refractivity contribution in [2.45, 2.75) is 24.5 Å². The summed E-state index contributed by atoms with van der Waals surface area (Å²) in [5.74, 6) is 0. The zero-order chi connectivity index (χ0) is 10.7. The fourth-order valence-corrected chi connectivity index (χ4v) is 4.00. The molecule has 0 amide bonds. The predicted octanol–water partition coefficient (Wildman–Crippen LogP) is 0.330. The molecular weight excluding hydrogens is 212 g/mol. The summed E-state index contributed by atoms with van der Waals surface area (Å²) in [7, 11) is -3.07. The molecule has 1 N–H and O–H groups in total. The molecule has 0 aromatic heterocycles. The summed E-state index contributed by atoms with van der Waals surface area (Å²) in [6.07, 6.45) is 6.60. The van der Waals surface area contributed by atoms with Crippen LogP contribution in [0.15, 0.2) is 12.2 Å². The van der Waals surface area contributed by atoms with Gasteiger partial charge in [0.05, 0.1) is 5.25 Å². The van der Waals surface area contributed by atoms with Crippen LogP contribution in [0.2, 0.25) is 0 Å². The molecular formula is C10H18N2O2S. The maximum atomic E-state index is 12.2. The highest BCUT2D eigenvalue weighted by atomic mass is 32.2. The standard InChI is InChI=1S/C10H18N2O2S/c13-15(14,10-5-4-6-11-9-10)12-7-2-1-3-8-12/h1-2,10-11H,3-9H2. The molecule has 5 heteroatoms. The lowest BCUT2D eigenvalue weighted by Gasteiger charge is -2.30. The summed E-state index contributed by atoms with van der Waals surface area (Å²) in [6, 6.07) is 0. The summed E-state index contributed by atoms with van der Waals surface area (Å²) >= 11 is 0. The molecule has 2 heterocycles. The summed E-state index contributed by atoms with van der Waals surface area (Å²) in [4.78, 5) is 0. The second-order valence-corrected chi connectivity index (χ2v) is 6.34. The minimum Gasteiger partial charge on any atom is -0.315 e. The second-order valence-electron chi connectivity index (χ2n) is 4.13. The minimum absolute atomic E-state index is 0.210. The van der Waals surface area contributed by atoms with Gasteiger partial charge in [0, 0.05) is 19.6 Å². The van der Waals surface area contributed by atoms with Crippen molar-refractivity contribution < 1.29 is 8.42 Å². The fourth-order valence-electron chi connectivity index (χ4n) is 2.14. The highest BCUT2D eigenvalue weighted by Gasteiger charge is 2.32. The molecule has 0 aromatic carbocycles. The molecule has 0 spiro atoms. The number of nitrogens with one attached hydrogen (secondary N) is 1. The molecule has 1 saturated heterocycles. The average molecular weight is 230 g/mol. The van der Waals surface area contributed by atoms with Gasteiger partial charge in [-0.05, 0) is 25.8 Å². The van der Waals surface area contributed by atoms with E-state index >= 15 is 0 Å². The van der Waals surface area contributed by atoms with E-state index in [9.17, 15) is 8.42 Å². The Kier molecular flexibility index (Phi) is 3.43. The molecule has 0 aromatic rings. The maximum Gasteiger partial charge on any atom is 0.218 e. The van der Waals surface area contributed by atoms with Crippen LogP contribution < -0.4 is 5.32 Å². The molecule has 1 fully saturated rings. The van der Waals surface area contributed by atoms with Gasteiger partial charge in [-0.3, -0.25) is 0 Å². The van der Waals surface area contributed by atoms with Gasteiger partial charge >= 0.3 is 0 Å². The molecule has 0 saturated carbocycles. The van der Waals surface area contributed by atoms with E-state index < -0.39 is 10.0 Å². The Labute approximate surface area is 91.4 Å². The number of piperidine rings is 1. The molecule has 2 aliphatic heterocycles. The Bertz CT molecular complexity index is 331. The number of rotatable bonds is 2. The average Bonchev–Trinajstić information content (AvgIpc) is 2.31. The monoisotopic (exact) mass is 230 g/mol. The zero-order valence-electron chi connectivity index (χ0n) is 8.85. The number of hydrogen-bond acceptors (Lipinski definition) is 3. The van der Waals surface area contributed by atoms with E-state index in [-0.39, 0.29) is 5.25 Å². The van der Waals surface area contributed by atoms with Crippen LogP contribution in [0.5, 0.6) is 0 Å². The lowest BCUT2D eigenvalue weighted by molar-refractivity contribution is 0.410. The van der Waals surface area contributed by atoms with Crippen LogP contribution in [-0.2, 0) is 10.0 Å². The highest BCUT2D eigenvalue weighted by molar-refractivity contribution is 7.89. The van der Waals surface area contributed by atoms with E-state index in [0.29, 0.717) is 19.6 Å². The molecule has 1 unspecified atom stereocenters. The van der Waals surface area contributed by atoms with Crippen LogP contribution in [0.3, 0.4) is 0 Å². The van der Waals surface area contributed by atoms with Crippen LogP contribution >= 0.6 is 0 Å². The van der Waals surface area contributed by atoms with Crippen molar-refractivity contribution in [1.29, 1.82) is 0 Å². The SMILES string of the molecule is O=S(=O)(C1CCCNC1)N1CC=CCC1. The van der Waals surface area contributed by atoms with Crippen molar-refractivity contribution >= 4 is 10.0 Å². The van der Waals surface area contributed by atoms with Crippen LogP contribution in [-0.4, -0.2) is 44.2 Å². The van der Waals surface area contributed by atoms with Gasteiger partial charge in [0.1, 0.15) is 0 Å². The molecule has 15 heavy (non-hydrogen) atoms. The fraction of sp³-hybridized carbons (Fsp3) is 0.800. The van der Waals surface area contributed by atoms with Gasteiger partial charge in [0.2, 0.25) is 10.0 Å². The maximum absolute atomic E-state index is 12.2. The van der Waals surface area contributed by atoms with Crippen molar-refractivity contribution in [1.82, 2.24) is 9.62 Å². The third kappa shape index (κ3) is 2.41. The quantitative estimate of drug-likeness (QED) is 0.696. The Morgan fingerprint density at radius 1 is 1.33 bits per heavy atom. The predicted molar refractivity (Wildman–Crippen MR) is 60.1 cm³/mol. The van der Waals surface area contributed by atoms with Crippen LogP contribution in [0.4, 0.5) is 0 Å². The lowest BCUT2D eigenvalue weighted by atomic mass is 10.2. The summed E-state index contributed by atoms with van der Waals surface area (Å²) < 4.78 is 26.0. The van der Waals surface area contributed by atoms with Gasteiger partial charge < -0.3 is 5.32 Å². The van der Waals surface area contributed by atoms with Crippen molar-refractivity contribution in [3.63, 3.8) is 0 Å². The van der Waals surface area contributed by atoms with Crippen LogP contribution in [0.1, 0.15) is 19.3 Å². The molecule has 0 bridgehead atoms. The van der Waals surface area contributed by atoms with Gasteiger partial charge in [0.25, 0.3) is 0 Å². The van der Waals surface area contributed by atoms with E-state index in [4.69, 9.17) is 0 Å². The van der Waals surface area contributed by atoms with Crippen LogP contribution in [0, 0.1) is 0 Å². The van der Waals surface area contributed by atoms with Crippen molar-refractivity contribution in [2.75, 3.05) is 26.2 Å². The topological polar surface area (TPSA) is 49.4 Å². The molecule has 86 valence electrons. The van der Waals surface area contributed by atoms with Crippen molar-refractivity contribution in [3.8, 4) is 0 Å². The van der Waals surface area contributed by atoms with Gasteiger partial charge in [-0.1, -0.05) is 12.2 Å². The molecule has 1 atom stereocenters. The molecule has 4 nitrogen and oxygen atoms in total. The summed E-state index contributed by atoms with van der Waals surface area (Å²) in [5, 5.41) is 2.95. The Morgan fingerprint density at radius 3 is 2.80 bits per heavy atom. The molecule has 2 aliphatic rings. The first-order chi connectivity index (χ1) is 7.21. The third-order valence-electron chi connectivity index (χ3n) is 3.05. The van der Waals surface area contributed by atoms with Gasteiger partial charge in [-0.2, -0.15) is 4.31 Å². The zero-order valence-corrected chi connectivity index (χ0v) is 9.67. The first kappa shape index (κ1) is 11.1. The van der Waals surface area contributed by atoms with Crippen molar-refractivity contribution in [3.05, 3.63) is 12.2 Å². The van der Waals surface area contributed by atoms with E-state index in [1.54, 1.807) is 4.31 Å². The van der Waals surface area contributed by atoms with E-state index in [2.05, 4.69) is 5.32 Å². The Morgan fingerprint density at radius 2 is 2.20 bits per heavy atom. The van der Waals surface area contributed by atoms with Gasteiger partial charge in [0.15, 0.2) is 0 Å². The first-order valence-corrected chi connectivity index (χ1v) is 7.06. The minimum atomic E-state index is -3.07.